The van der Waals surface area contributed by atoms with E-state index in [1.165, 1.54) is 0 Å². The number of rotatable bonds is 4. The summed E-state index contributed by atoms with van der Waals surface area (Å²) in [6.45, 7) is 3.66. The summed E-state index contributed by atoms with van der Waals surface area (Å²) in [5, 5.41) is 15.0. The van der Waals surface area contributed by atoms with Crippen LogP contribution in [0.5, 0.6) is 0 Å². The Morgan fingerprint density at radius 1 is 1.28 bits per heavy atom. The second kappa shape index (κ2) is 6.58. The van der Waals surface area contributed by atoms with Gasteiger partial charge in [-0.2, -0.15) is 0 Å². The first-order valence-corrected chi connectivity index (χ1v) is 6.46. The minimum Gasteiger partial charge on any atom is -0.391 e. The minimum atomic E-state index is -0.715. The van der Waals surface area contributed by atoms with E-state index >= 15 is 0 Å². The molecule has 0 aromatic rings. The van der Waals surface area contributed by atoms with Gasteiger partial charge in [0.2, 0.25) is 5.91 Å². The molecule has 0 aromatic carbocycles. The Labute approximate surface area is 107 Å². The molecule has 0 spiro atoms. The highest BCUT2D eigenvalue weighted by molar-refractivity contribution is 5.86. The van der Waals surface area contributed by atoms with Crippen LogP contribution in [-0.2, 0) is 4.79 Å². The molecule has 3 amide bonds. The van der Waals surface area contributed by atoms with Crippen molar-refractivity contribution in [2.75, 3.05) is 0 Å². The molecule has 1 rings (SSSR count). The van der Waals surface area contributed by atoms with Crippen LogP contribution in [0.1, 0.15) is 39.5 Å². The van der Waals surface area contributed by atoms with Gasteiger partial charge >= 0.3 is 6.03 Å². The summed E-state index contributed by atoms with van der Waals surface area (Å²) < 4.78 is 0. The third kappa shape index (κ3) is 4.18. The van der Waals surface area contributed by atoms with Crippen molar-refractivity contribution in [1.29, 1.82) is 0 Å². The van der Waals surface area contributed by atoms with Crippen LogP contribution in [0.2, 0.25) is 0 Å². The molecule has 3 atom stereocenters. The molecule has 0 radical (unpaired) electrons. The van der Waals surface area contributed by atoms with Gasteiger partial charge < -0.3 is 21.5 Å². The van der Waals surface area contributed by atoms with Crippen LogP contribution in [0.15, 0.2) is 0 Å². The van der Waals surface area contributed by atoms with Gasteiger partial charge in [0, 0.05) is 0 Å². The van der Waals surface area contributed by atoms with Crippen molar-refractivity contribution < 1.29 is 14.7 Å². The molecule has 0 heterocycles. The quantitative estimate of drug-likeness (QED) is 0.574. The summed E-state index contributed by atoms with van der Waals surface area (Å²) in [7, 11) is 0. The van der Waals surface area contributed by atoms with E-state index in [0.29, 0.717) is 6.42 Å². The Morgan fingerprint density at radius 2 is 1.89 bits per heavy atom. The van der Waals surface area contributed by atoms with Gasteiger partial charge in [-0.05, 0) is 18.8 Å². The number of aliphatic hydroxyl groups is 1. The van der Waals surface area contributed by atoms with Crippen molar-refractivity contribution in [2.45, 2.75) is 57.7 Å². The predicted octanol–water partition coefficient (Wildman–Crippen LogP) is 0.0990. The van der Waals surface area contributed by atoms with E-state index in [2.05, 4.69) is 10.6 Å². The summed E-state index contributed by atoms with van der Waals surface area (Å²) in [6.07, 6.45) is 2.97. The van der Waals surface area contributed by atoms with Crippen LogP contribution in [0.3, 0.4) is 0 Å². The highest BCUT2D eigenvalue weighted by Crippen LogP contribution is 2.18. The first kappa shape index (κ1) is 14.8. The molecular weight excluding hydrogens is 234 g/mol. The van der Waals surface area contributed by atoms with Crippen molar-refractivity contribution in [3.05, 3.63) is 0 Å². The Kier molecular flexibility index (Phi) is 5.40. The SMILES string of the molecule is CC(C)C(NC(N)=O)C(=O)N[C@H]1CCCC[C@@H]1O. The van der Waals surface area contributed by atoms with Crippen LogP contribution < -0.4 is 16.4 Å². The first-order chi connectivity index (χ1) is 8.41. The third-order valence-electron chi connectivity index (χ3n) is 3.30. The molecule has 1 aliphatic rings. The average Bonchev–Trinajstić information content (AvgIpc) is 2.28. The molecule has 104 valence electrons. The van der Waals surface area contributed by atoms with E-state index in [9.17, 15) is 14.7 Å². The number of hydrogen-bond acceptors (Lipinski definition) is 3. The molecule has 1 aliphatic carbocycles. The number of urea groups is 1. The fourth-order valence-electron chi connectivity index (χ4n) is 2.24. The smallest absolute Gasteiger partial charge is 0.312 e. The zero-order valence-electron chi connectivity index (χ0n) is 11.0. The predicted molar refractivity (Wildman–Crippen MR) is 67.8 cm³/mol. The molecule has 0 aromatic heterocycles. The number of hydrogen-bond donors (Lipinski definition) is 4. The van der Waals surface area contributed by atoms with E-state index in [0.717, 1.165) is 19.3 Å². The maximum absolute atomic E-state index is 12.0. The lowest BCUT2D eigenvalue weighted by atomic mass is 9.92. The fourth-order valence-corrected chi connectivity index (χ4v) is 2.24. The molecule has 1 fully saturated rings. The van der Waals surface area contributed by atoms with Crippen molar-refractivity contribution in [2.24, 2.45) is 11.7 Å². The standard InChI is InChI=1S/C12H23N3O3/c1-7(2)10(15-12(13)18)11(17)14-8-5-3-4-6-9(8)16/h7-10,16H,3-6H2,1-2H3,(H,14,17)(H3,13,15,18)/t8-,9-,10?/m0/s1. The van der Waals surface area contributed by atoms with Crippen LogP contribution in [0.25, 0.3) is 0 Å². The summed E-state index contributed by atoms with van der Waals surface area (Å²) in [5.41, 5.74) is 5.05. The van der Waals surface area contributed by atoms with Crippen molar-refractivity contribution in [1.82, 2.24) is 10.6 Å². The topological polar surface area (TPSA) is 104 Å². The molecule has 1 saturated carbocycles. The molecule has 6 heteroatoms. The summed E-state index contributed by atoms with van der Waals surface area (Å²) in [5.74, 6) is -0.340. The van der Waals surface area contributed by atoms with Crippen LogP contribution >= 0.6 is 0 Å². The lowest BCUT2D eigenvalue weighted by Crippen LogP contribution is -2.55. The number of aliphatic hydroxyl groups excluding tert-OH is 1. The van der Waals surface area contributed by atoms with Gasteiger partial charge in [-0.3, -0.25) is 4.79 Å². The Balaban J connectivity index is 2.57. The zero-order chi connectivity index (χ0) is 13.7. The number of nitrogens with two attached hydrogens (primary N) is 1. The van der Waals surface area contributed by atoms with Gasteiger partial charge in [0.25, 0.3) is 0 Å². The Morgan fingerprint density at radius 3 is 2.39 bits per heavy atom. The molecule has 5 N–H and O–H groups in total. The maximum Gasteiger partial charge on any atom is 0.312 e. The van der Waals surface area contributed by atoms with Gasteiger partial charge in [0.05, 0.1) is 12.1 Å². The largest absolute Gasteiger partial charge is 0.391 e. The molecule has 1 unspecified atom stereocenters. The number of amides is 3. The number of carbonyl (C=O) groups is 2. The van der Waals surface area contributed by atoms with Crippen LogP contribution in [-0.4, -0.2) is 35.2 Å². The zero-order valence-corrected chi connectivity index (χ0v) is 11.0. The van der Waals surface area contributed by atoms with Gasteiger partial charge in [-0.15, -0.1) is 0 Å². The second-order valence-corrected chi connectivity index (χ2v) is 5.20. The summed E-state index contributed by atoms with van der Waals surface area (Å²) in [6, 6.07) is -1.59. The second-order valence-electron chi connectivity index (χ2n) is 5.20. The number of primary amides is 1. The lowest BCUT2D eigenvalue weighted by Gasteiger charge is -2.30. The van der Waals surface area contributed by atoms with Crippen molar-refractivity contribution in [3.8, 4) is 0 Å². The maximum atomic E-state index is 12.0. The Bertz CT molecular complexity index is 307. The van der Waals surface area contributed by atoms with E-state index < -0.39 is 18.2 Å². The average molecular weight is 257 g/mol. The highest BCUT2D eigenvalue weighted by Gasteiger charge is 2.29. The third-order valence-corrected chi connectivity index (χ3v) is 3.30. The van der Waals surface area contributed by atoms with Crippen LogP contribution in [0.4, 0.5) is 4.79 Å². The van der Waals surface area contributed by atoms with Crippen LogP contribution in [0, 0.1) is 5.92 Å². The van der Waals surface area contributed by atoms with Gasteiger partial charge in [-0.25, -0.2) is 4.79 Å². The first-order valence-electron chi connectivity index (χ1n) is 6.46. The summed E-state index contributed by atoms with van der Waals surface area (Å²) in [4.78, 5) is 22.9. The van der Waals surface area contributed by atoms with E-state index in [1.54, 1.807) is 0 Å². The molecule has 0 saturated heterocycles. The Hall–Kier alpha value is -1.30. The van der Waals surface area contributed by atoms with Gasteiger partial charge in [0.15, 0.2) is 0 Å². The molecule has 0 bridgehead atoms. The number of nitrogens with one attached hydrogen (secondary N) is 2. The van der Waals surface area contributed by atoms with Gasteiger partial charge in [0.1, 0.15) is 6.04 Å². The van der Waals surface area contributed by atoms with E-state index in [4.69, 9.17) is 5.73 Å². The lowest BCUT2D eigenvalue weighted by molar-refractivity contribution is -0.125. The molecule has 18 heavy (non-hydrogen) atoms. The van der Waals surface area contributed by atoms with Crippen molar-refractivity contribution >= 4 is 11.9 Å². The van der Waals surface area contributed by atoms with E-state index in [1.807, 2.05) is 13.8 Å². The van der Waals surface area contributed by atoms with Crippen molar-refractivity contribution in [3.63, 3.8) is 0 Å². The molecular formula is C12H23N3O3. The molecule has 0 aliphatic heterocycles. The van der Waals surface area contributed by atoms with Gasteiger partial charge in [-0.1, -0.05) is 26.7 Å². The monoisotopic (exact) mass is 257 g/mol. The normalized spacial score (nSPS) is 25.6. The van der Waals surface area contributed by atoms with E-state index in [-0.39, 0.29) is 17.9 Å². The minimum absolute atomic E-state index is 0.0572. The summed E-state index contributed by atoms with van der Waals surface area (Å²) >= 11 is 0. The fraction of sp³-hybridized carbons (Fsp3) is 0.833. The molecule has 6 nitrogen and oxygen atoms in total. The number of carbonyl (C=O) groups excluding carboxylic acids is 2. The highest BCUT2D eigenvalue weighted by atomic mass is 16.3.